The molecule has 1 atom stereocenters. The van der Waals surface area contributed by atoms with Crippen LogP contribution in [-0.2, 0) is 6.42 Å². The quantitative estimate of drug-likeness (QED) is 0.283. The Balaban J connectivity index is 0.00000450. The summed E-state index contributed by atoms with van der Waals surface area (Å²) in [5, 5.41) is 3.51. The van der Waals surface area contributed by atoms with Crippen molar-refractivity contribution in [1.29, 1.82) is 0 Å². The van der Waals surface area contributed by atoms with Gasteiger partial charge in [-0.1, -0.05) is 13.8 Å². The number of halogens is 1. The Morgan fingerprint density at radius 1 is 1.13 bits per heavy atom. The number of methoxy groups -OCH3 is 3. The number of hydrogen-bond donors (Lipinski definition) is 1. The third-order valence-electron chi connectivity index (χ3n) is 5.68. The van der Waals surface area contributed by atoms with Crippen molar-refractivity contribution in [3.63, 3.8) is 0 Å². The molecule has 1 heterocycles. The highest BCUT2D eigenvalue weighted by atomic mass is 127. The predicted molar refractivity (Wildman–Crippen MR) is 134 cm³/mol. The fourth-order valence-electron chi connectivity index (χ4n) is 3.98. The van der Waals surface area contributed by atoms with E-state index in [1.54, 1.807) is 21.3 Å². The maximum absolute atomic E-state index is 5.55. The number of benzene rings is 1. The third-order valence-corrected chi connectivity index (χ3v) is 5.68. The van der Waals surface area contributed by atoms with E-state index in [2.05, 4.69) is 34.0 Å². The second kappa shape index (κ2) is 13.8. The molecule has 1 aromatic carbocycles. The molecule has 30 heavy (non-hydrogen) atoms. The molecule has 1 aliphatic heterocycles. The van der Waals surface area contributed by atoms with Crippen molar-refractivity contribution in [2.45, 2.75) is 26.7 Å². The molecule has 1 N–H and O–H groups in total. The van der Waals surface area contributed by atoms with Gasteiger partial charge in [-0.25, -0.2) is 0 Å². The fourth-order valence-corrected chi connectivity index (χ4v) is 3.98. The van der Waals surface area contributed by atoms with E-state index in [1.807, 2.05) is 19.2 Å². The highest BCUT2D eigenvalue weighted by molar-refractivity contribution is 14.0. The first-order valence-corrected chi connectivity index (χ1v) is 10.6. The average Bonchev–Trinajstić information content (AvgIpc) is 3.22. The van der Waals surface area contributed by atoms with Gasteiger partial charge in [-0.05, 0) is 31.8 Å². The number of nitrogens with zero attached hydrogens (tertiary/aromatic N) is 3. The Morgan fingerprint density at radius 3 is 2.27 bits per heavy atom. The van der Waals surface area contributed by atoms with Crippen LogP contribution in [0.5, 0.6) is 17.2 Å². The zero-order valence-electron chi connectivity index (χ0n) is 19.4. The molecule has 1 aromatic rings. The summed E-state index contributed by atoms with van der Waals surface area (Å²) < 4.78 is 16.4. The topological polar surface area (TPSA) is 58.6 Å². The molecule has 8 heteroatoms. The first-order chi connectivity index (χ1) is 14.1. The van der Waals surface area contributed by atoms with Crippen LogP contribution in [0.15, 0.2) is 17.1 Å². The molecule has 172 valence electrons. The molecule has 1 fully saturated rings. The van der Waals surface area contributed by atoms with E-state index in [0.29, 0.717) is 5.92 Å². The highest BCUT2D eigenvalue weighted by Crippen LogP contribution is 2.34. The molecule has 1 unspecified atom stereocenters. The van der Waals surface area contributed by atoms with Crippen molar-refractivity contribution in [2.24, 2.45) is 10.9 Å². The Kier molecular flexibility index (Phi) is 12.2. The zero-order valence-corrected chi connectivity index (χ0v) is 21.7. The second-order valence-corrected chi connectivity index (χ2v) is 7.32. The van der Waals surface area contributed by atoms with Gasteiger partial charge in [0.05, 0.1) is 21.3 Å². The molecule has 0 amide bonds. The average molecular weight is 534 g/mol. The van der Waals surface area contributed by atoms with Crippen LogP contribution in [0.3, 0.4) is 0 Å². The number of aliphatic imine (C=N–C) groups is 1. The molecule has 7 nitrogen and oxygen atoms in total. The summed E-state index contributed by atoms with van der Waals surface area (Å²) in [6.45, 7) is 10.7. The summed E-state index contributed by atoms with van der Waals surface area (Å²) in [7, 11) is 6.84. The van der Waals surface area contributed by atoms with Crippen LogP contribution in [0.2, 0.25) is 0 Å². The van der Waals surface area contributed by atoms with Gasteiger partial charge >= 0.3 is 0 Å². The van der Waals surface area contributed by atoms with Gasteiger partial charge in [-0.15, -0.1) is 24.0 Å². The maximum Gasteiger partial charge on any atom is 0.193 e. The van der Waals surface area contributed by atoms with Gasteiger partial charge in [-0.3, -0.25) is 4.99 Å². The van der Waals surface area contributed by atoms with Gasteiger partial charge in [0.1, 0.15) is 17.2 Å². The monoisotopic (exact) mass is 534 g/mol. The van der Waals surface area contributed by atoms with E-state index >= 15 is 0 Å². The standard InChI is InChI=1S/C22H38N4O3.HI/c1-7-25(8-2)15-17-10-12-26(16-17)22(23-3)24-11-9-19-20(28-5)13-18(27-4)14-21(19)29-6;/h13-14,17H,7-12,15-16H2,1-6H3,(H,23,24);1H. The normalized spacial score (nSPS) is 16.4. The zero-order chi connectivity index (χ0) is 21.2. The van der Waals surface area contributed by atoms with Gasteiger partial charge < -0.3 is 29.3 Å². The van der Waals surface area contributed by atoms with Gasteiger partial charge in [0, 0.05) is 50.9 Å². The lowest BCUT2D eigenvalue weighted by atomic mass is 10.1. The fraction of sp³-hybridized carbons (Fsp3) is 0.682. The number of nitrogens with one attached hydrogen (secondary N) is 1. The summed E-state index contributed by atoms with van der Waals surface area (Å²) >= 11 is 0. The largest absolute Gasteiger partial charge is 0.496 e. The maximum atomic E-state index is 5.55. The van der Waals surface area contributed by atoms with E-state index in [0.717, 1.165) is 67.9 Å². The Bertz CT molecular complexity index is 643. The van der Waals surface area contributed by atoms with Gasteiger partial charge in [0.2, 0.25) is 0 Å². The second-order valence-electron chi connectivity index (χ2n) is 7.32. The third kappa shape index (κ3) is 7.08. The van der Waals surface area contributed by atoms with Crippen LogP contribution in [0, 0.1) is 5.92 Å². The van der Waals surface area contributed by atoms with E-state index in [-0.39, 0.29) is 24.0 Å². The highest BCUT2D eigenvalue weighted by Gasteiger charge is 2.26. The number of guanidine groups is 1. The van der Waals surface area contributed by atoms with Crippen LogP contribution in [0.25, 0.3) is 0 Å². The first-order valence-electron chi connectivity index (χ1n) is 10.6. The van der Waals surface area contributed by atoms with Gasteiger partial charge in [0.25, 0.3) is 0 Å². The molecule has 0 aromatic heterocycles. The lowest BCUT2D eigenvalue weighted by Crippen LogP contribution is -2.41. The van der Waals surface area contributed by atoms with Crippen molar-refractivity contribution in [3.8, 4) is 17.2 Å². The van der Waals surface area contributed by atoms with Crippen LogP contribution in [0.4, 0.5) is 0 Å². The molecule has 0 spiro atoms. The molecular formula is C22H39IN4O3. The molecule has 0 radical (unpaired) electrons. The van der Waals surface area contributed by atoms with Gasteiger partial charge in [-0.2, -0.15) is 0 Å². The molecule has 1 saturated heterocycles. The lowest BCUT2D eigenvalue weighted by Gasteiger charge is -2.24. The molecule has 0 bridgehead atoms. The molecule has 1 aliphatic rings. The molecule has 0 aliphatic carbocycles. The van der Waals surface area contributed by atoms with E-state index < -0.39 is 0 Å². The number of hydrogen-bond acceptors (Lipinski definition) is 5. The van der Waals surface area contributed by atoms with Crippen molar-refractivity contribution in [2.75, 3.05) is 67.6 Å². The molecular weight excluding hydrogens is 495 g/mol. The van der Waals surface area contributed by atoms with Crippen LogP contribution >= 0.6 is 24.0 Å². The van der Waals surface area contributed by atoms with E-state index in [1.165, 1.54) is 13.0 Å². The van der Waals surface area contributed by atoms with Crippen LogP contribution in [0.1, 0.15) is 25.8 Å². The number of ether oxygens (including phenoxy) is 3. The van der Waals surface area contributed by atoms with E-state index in [4.69, 9.17) is 14.2 Å². The Morgan fingerprint density at radius 2 is 1.77 bits per heavy atom. The summed E-state index contributed by atoms with van der Waals surface area (Å²) in [5.74, 6) is 3.95. The first kappa shape index (κ1) is 26.6. The van der Waals surface area contributed by atoms with Gasteiger partial charge in [0.15, 0.2) is 5.96 Å². The summed E-state index contributed by atoms with van der Waals surface area (Å²) in [4.78, 5) is 9.38. The van der Waals surface area contributed by atoms with Crippen molar-refractivity contribution in [3.05, 3.63) is 17.7 Å². The summed E-state index contributed by atoms with van der Waals surface area (Å²) in [6, 6.07) is 3.79. The molecule has 2 rings (SSSR count). The van der Waals surface area contributed by atoms with Crippen LogP contribution < -0.4 is 19.5 Å². The minimum atomic E-state index is 0. The van der Waals surface area contributed by atoms with Crippen molar-refractivity contribution >= 4 is 29.9 Å². The Labute approximate surface area is 199 Å². The molecule has 0 saturated carbocycles. The minimum absolute atomic E-state index is 0. The minimum Gasteiger partial charge on any atom is -0.496 e. The van der Waals surface area contributed by atoms with Crippen molar-refractivity contribution < 1.29 is 14.2 Å². The van der Waals surface area contributed by atoms with Crippen LogP contribution in [-0.4, -0.2) is 83.4 Å². The number of rotatable bonds is 10. The summed E-state index contributed by atoms with van der Waals surface area (Å²) in [6.07, 6.45) is 1.99. The van der Waals surface area contributed by atoms with E-state index in [9.17, 15) is 0 Å². The summed E-state index contributed by atoms with van der Waals surface area (Å²) in [5.41, 5.74) is 1.03. The van der Waals surface area contributed by atoms with Crippen molar-refractivity contribution in [1.82, 2.24) is 15.1 Å². The Hall–Kier alpha value is -1.42. The SMILES string of the molecule is CCN(CC)CC1CCN(C(=NC)NCCc2c(OC)cc(OC)cc2OC)C1.I. The predicted octanol–water partition coefficient (Wildman–Crippen LogP) is 3.11. The number of likely N-dealkylation sites (tertiary alicyclic amines) is 1. The smallest absolute Gasteiger partial charge is 0.193 e. The lowest BCUT2D eigenvalue weighted by molar-refractivity contribution is 0.255.